The molecule has 0 radical (unpaired) electrons. The molecule has 0 fully saturated rings. The van der Waals surface area contributed by atoms with E-state index in [1.54, 1.807) is 24.5 Å². The highest BCUT2D eigenvalue weighted by Crippen LogP contribution is 2.24. The summed E-state index contributed by atoms with van der Waals surface area (Å²) in [5.74, 6) is -1.68. The molecule has 3 rings (SSSR count). The van der Waals surface area contributed by atoms with Gasteiger partial charge >= 0.3 is 5.97 Å². The fourth-order valence-corrected chi connectivity index (χ4v) is 1.93. The predicted octanol–water partition coefficient (Wildman–Crippen LogP) is 2.23. The molecule has 0 amide bonds. The molecule has 0 aromatic carbocycles. The molecule has 94 valence electrons. The van der Waals surface area contributed by atoms with E-state index in [-0.39, 0.29) is 5.69 Å². The van der Waals surface area contributed by atoms with E-state index in [9.17, 15) is 14.3 Å². The van der Waals surface area contributed by atoms with E-state index in [1.165, 1.54) is 16.5 Å². The second-order valence-electron chi connectivity index (χ2n) is 3.93. The first-order chi connectivity index (χ1) is 9.16. The minimum atomic E-state index is -1.16. The largest absolute Gasteiger partial charge is 0.476 e. The van der Waals surface area contributed by atoms with E-state index >= 15 is 0 Å². The number of nitrogens with zero attached hydrogens (tertiary/aromatic N) is 3. The van der Waals surface area contributed by atoms with Crippen molar-refractivity contribution in [1.29, 1.82) is 0 Å². The van der Waals surface area contributed by atoms with E-state index in [1.807, 2.05) is 0 Å². The van der Waals surface area contributed by atoms with Gasteiger partial charge in [0.25, 0.3) is 0 Å². The molecule has 6 heteroatoms. The predicted molar refractivity (Wildman–Crippen MR) is 65.3 cm³/mol. The minimum Gasteiger partial charge on any atom is -0.476 e. The van der Waals surface area contributed by atoms with Crippen molar-refractivity contribution in [2.24, 2.45) is 0 Å². The van der Waals surface area contributed by atoms with Crippen LogP contribution < -0.4 is 0 Å². The van der Waals surface area contributed by atoms with Crippen LogP contribution in [0.3, 0.4) is 0 Å². The molecule has 5 nitrogen and oxygen atoms in total. The number of halogens is 1. The van der Waals surface area contributed by atoms with Crippen LogP contribution in [0.1, 0.15) is 10.5 Å². The third-order valence-corrected chi connectivity index (χ3v) is 2.74. The number of carboxylic acid groups (broad SMARTS) is 1. The second-order valence-corrected chi connectivity index (χ2v) is 3.93. The van der Waals surface area contributed by atoms with E-state index in [2.05, 4.69) is 9.97 Å². The summed E-state index contributed by atoms with van der Waals surface area (Å²) in [6.45, 7) is 0. The Hall–Kier alpha value is -2.76. The van der Waals surface area contributed by atoms with E-state index < -0.39 is 11.8 Å². The van der Waals surface area contributed by atoms with Crippen LogP contribution >= 0.6 is 0 Å². The van der Waals surface area contributed by atoms with Gasteiger partial charge in [-0.3, -0.25) is 9.38 Å². The molecule has 0 saturated heterocycles. The molecular weight excluding hydrogens is 249 g/mol. The van der Waals surface area contributed by atoms with Crippen LogP contribution in [0.25, 0.3) is 16.9 Å². The number of hydrogen-bond donors (Lipinski definition) is 1. The Kier molecular flexibility index (Phi) is 2.49. The van der Waals surface area contributed by atoms with Crippen LogP contribution in [-0.4, -0.2) is 25.4 Å². The molecule has 0 atom stereocenters. The molecule has 19 heavy (non-hydrogen) atoms. The van der Waals surface area contributed by atoms with Crippen molar-refractivity contribution in [2.75, 3.05) is 0 Å². The van der Waals surface area contributed by atoms with Gasteiger partial charge in [-0.15, -0.1) is 0 Å². The van der Waals surface area contributed by atoms with E-state index in [0.717, 1.165) is 6.20 Å². The molecule has 0 aliphatic carbocycles. The van der Waals surface area contributed by atoms with Crippen LogP contribution in [-0.2, 0) is 0 Å². The van der Waals surface area contributed by atoms with Crippen LogP contribution in [0, 0.1) is 5.82 Å². The summed E-state index contributed by atoms with van der Waals surface area (Å²) in [6, 6.07) is 5.99. The van der Waals surface area contributed by atoms with Crippen molar-refractivity contribution in [1.82, 2.24) is 14.4 Å². The summed E-state index contributed by atoms with van der Waals surface area (Å²) >= 11 is 0. The Bertz CT molecular complexity index is 768. The number of carbonyl (C=O) groups is 1. The van der Waals surface area contributed by atoms with Gasteiger partial charge in [0.1, 0.15) is 17.2 Å². The van der Waals surface area contributed by atoms with Gasteiger partial charge in [0.15, 0.2) is 5.69 Å². The molecule has 0 aliphatic rings. The van der Waals surface area contributed by atoms with Gasteiger partial charge in [-0.25, -0.2) is 14.2 Å². The van der Waals surface area contributed by atoms with Crippen molar-refractivity contribution in [3.05, 3.63) is 54.4 Å². The zero-order valence-electron chi connectivity index (χ0n) is 9.62. The minimum absolute atomic E-state index is 0.0688. The Balaban J connectivity index is 2.36. The Morgan fingerprint density at radius 2 is 1.95 bits per heavy atom. The van der Waals surface area contributed by atoms with Crippen molar-refractivity contribution in [3.63, 3.8) is 0 Å². The average Bonchev–Trinajstić information content (AvgIpc) is 2.78. The standard InChI is InChI=1S/C13H8FN3O2/c14-9-1-2-10-16-11(8-3-5-15-6-4-8)12(13(18)19)17(10)7-9/h1-7H,(H,18,19). The lowest BCUT2D eigenvalue weighted by Gasteiger charge is -1.99. The van der Waals surface area contributed by atoms with Crippen molar-refractivity contribution in [2.45, 2.75) is 0 Å². The lowest BCUT2D eigenvalue weighted by Crippen LogP contribution is -2.04. The number of hydrogen-bond acceptors (Lipinski definition) is 3. The van der Waals surface area contributed by atoms with Gasteiger partial charge in [0, 0.05) is 24.2 Å². The summed E-state index contributed by atoms with van der Waals surface area (Å²) < 4.78 is 14.5. The number of fused-ring (bicyclic) bond motifs is 1. The smallest absolute Gasteiger partial charge is 0.355 e. The van der Waals surface area contributed by atoms with Crippen molar-refractivity contribution < 1.29 is 14.3 Å². The first kappa shape index (κ1) is 11.3. The summed E-state index contributed by atoms with van der Waals surface area (Å²) in [6.07, 6.45) is 4.20. The quantitative estimate of drug-likeness (QED) is 0.764. The first-order valence-electron chi connectivity index (χ1n) is 5.48. The molecule has 3 aromatic rings. The average molecular weight is 257 g/mol. The Labute approximate surface area is 107 Å². The number of imidazole rings is 1. The highest BCUT2D eigenvalue weighted by atomic mass is 19.1. The van der Waals surface area contributed by atoms with Crippen LogP contribution in [0.2, 0.25) is 0 Å². The summed E-state index contributed by atoms with van der Waals surface area (Å²) in [5.41, 5.74) is 1.23. The maximum atomic E-state index is 13.2. The number of carboxylic acids is 1. The molecule has 1 N–H and O–H groups in total. The molecule has 3 heterocycles. The van der Waals surface area contributed by atoms with Gasteiger partial charge < -0.3 is 5.11 Å². The van der Waals surface area contributed by atoms with Gasteiger partial charge in [-0.05, 0) is 24.3 Å². The molecule has 0 aliphatic heterocycles. The lowest BCUT2D eigenvalue weighted by atomic mass is 10.1. The summed E-state index contributed by atoms with van der Waals surface area (Å²) in [5, 5.41) is 9.31. The van der Waals surface area contributed by atoms with Crippen molar-refractivity contribution >= 4 is 11.6 Å². The monoisotopic (exact) mass is 257 g/mol. The molecule has 0 spiro atoms. The molecule has 0 bridgehead atoms. The number of rotatable bonds is 2. The van der Waals surface area contributed by atoms with Gasteiger partial charge in [0.2, 0.25) is 0 Å². The SMILES string of the molecule is O=C(O)c1c(-c2ccncc2)nc2ccc(F)cn12. The zero-order chi connectivity index (χ0) is 13.4. The molecule has 3 aromatic heterocycles. The fraction of sp³-hybridized carbons (Fsp3) is 0. The Morgan fingerprint density at radius 1 is 1.21 bits per heavy atom. The van der Waals surface area contributed by atoms with E-state index in [4.69, 9.17) is 0 Å². The molecule has 0 unspecified atom stereocenters. The third kappa shape index (κ3) is 1.83. The third-order valence-electron chi connectivity index (χ3n) is 2.74. The highest BCUT2D eigenvalue weighted by Gasteiger charge is 2.20. The fourth-order valence-electron chi connectivity index (χ4n) is 1.93. The lowest BCUT2D eigenvalue weighted by molar-refractivity contribution is 0.0690. The van der Waals surface area contributed by atoms with Crippen LogP contribution in [0.15, 0.2) is 42.9 Å². The van der Waals surface area contributed by atoms with Crippen molar-refractivity contribution in [3.8, 4) is 11.3 Å². The van der Waals surface area contributed by atoms with Crippen LogP contribution in [0.5, 0.6) is 0 Å². The number of pyridine rings is 2. The number of aromatic nitrogens is 3. The summed E-state index contributed by atoms with van der Waals surface area (Å²) in [7, 11) is 0. The topological polar surface area (TPSA) is 67.5 Å². The first-order valence-corrected chi connectivity index (χ1v) is 5.48. The van der Waals surface area contributed by atoms with Gasteiger partial charge in [-0.2, -0.15) is 0 Å². The number of aromatic carboxylic acids is 1. The van der Waals surface area contributed by atoms with Crippen LogP contribution in [0.4, 0.5) is 4.39 Å². The maximum Gasteiger partial charge on any atom is 0.355 e. The van der Waals surface area contributed by atoms with Gasteiger partial charge in [-0.1, -0.05) is 0 Å². The Morgan fingerprint density at radius 3 is 2.63 bits per heavy atom. The summed E-state index contributed by atoms with van der Waals surface area (Å²) in [4.78, 5) is 19.5. The highest BCUT2D eigenvalue weighted by molar-refractivity contribution is 5.94. The maximum absolute atomic E-state index is 13.2. The molecule has 0 saturated carbocycles. The molecular formula is C13H8FN3O2. The van der Waals surface area contributed by atoms with Gasteiger partial charge in [0.05, 0.1) is 0 Å². The second kappa shape index (κ2) is 4.16. The van der Waals surface area contributed by atoms with E-state index in [0.29, 0.717) is 16.9 Å². The zero-order valence-corrected chi connectivity index (χ0v) is 9.62. The normalized spacial score (nSPS) is 10.8.